The lowest BCUT2D eigenvalue weighted by Gasteiger charge is -2.18. The number of thiazole rings is 1. The number of aromatic nitrogens is 1. The summed E-state index contributed by atoms with van der Waals surface area (Å²) in [5, 5.41) is 2.25. The van der Waals surface area contributed by atoms with Gasteiger partial charge in [-0.2, -0.15) is 0 Å². The Morgan fingerprint density at radius 1 is 1.00 bits per heavy atom. The first-order valence-corrected chi connectivity index (χ1v) is 9.32. The van der Waals surface area contributed by atoms with Gasteiger partial charge in [-0.1, -0.05) is 31.7 Å². The van der Waals surface area contributed by atoms with E-state index in [1.54, 1.807) is 11.3 Å². The summed E-state index contributed by atoms with van der Waals surface area (Å²) in [7, 11) is 0. The lowest BCUT2D eigenvalue weighted by Crippen LogP contribution is -2.21. The molecule has 0 atom stereocenters. The zero-order chi connectivity index (χ0) is 15.5. The Bertz CT molecular complexity index is 700. The number of hydrogen-bond acceptors (Lipinski definition) is 2. The molecule has 0 aliphatic heterocycles. The van der Waals surface area contributed by atoms with Crippen LogP contribution in [0, 0.1) is 20.8 Å². The molecule has 1 fully saturated rings. The number of rotatable bonds is 2. The molecular weight excluding hydrogens is 288 g/mol. The van der Waals surface area contributed by atoms with E-state index in [0.717, 1.165) is 10.5 Å². The quantitative estimate of drug-likeness (QED) is 0.642. The molecule has 0 spiro atoms. The van der Waals surface area contributed by atoms with Crippen molar-refractivity contribution in [1.82, 2.24) is 4.57 Å². The van der Waals surface area contributed by atoms with Gasteiger partial charge in [-0.05, 0) is 56.9 Å². The van der Waals surface area contributed by atoms with Gasteiger partial charge in [0.25, 0.3) is 0 Å². The molecule has 0 bridgehead atoms. The van der Waals surface area contributed by atoms with Crippen LogP contribution in [0.25, 0.3) is 0 Å². The normalized spacial score (nSPS) is 17.7. The van der Waals surface area contributed by atoms with Crippen LogP contribution in [0.4, 0.5) is 5.69 Å². The average Bonchev–Trinajstić information content (AvgIpc) is 2.71. The topological polar surface area (TPSA) is 17.3 Å². The number of benzene rings is 1. The molecule has 22 heavy (non-hydrogen) atoms. The van der Waals surface area contributed by atoms with Crippen LogP contribution >= 0.6 is 11.3 Å². The second-order valence-electron chi connectivity index (χ2n) is 6.56. The van der Waals surface area contributed by atoms with E-state index in [1.807, 2.05) is 0 Å². The minimum atomic E-state index is 0.638. The van der Waals surface area contributed by atoms with Crippen LogP contribution in [-0.4, -0.2) is 4.57 Å². The lowest BCUT2D eigenvalue weighted by molar-refractivity contribution is 0.428. The van der Waals surface area contributed by atoms with Gasteiger partial charge >= 0.3 is 0 Å². The van der Waals surface area contributed by atoms with Crippen molar-refractivity contribution < 1.29 is 0 Å². The molecule has 1 saturated carbocycles. The van der Waals surface area contributed by atoms with Gasteiger partial charge in [-0.3, -0.25) is 0 Å². The predicted molar refractivity (Wildman–Crippen MR) is 94.9 cm³/mol. The fourth-order valence-corrected chi connectivity index (χ4v) is 4.30. The molecule has 0 saturated heterocycles. The highest BCUT2D eigenvalue weighted by Gasteiger charge is 2.16. The van der Waals surface area contributed by atoms with E-state index >= 15 is 0 Å². The van der Waals surface area contributed by atoms with Gasteiger partial charge in [0.1, 0.15) is 0 Å². The number of aryl methyl sites for hydroxylation is 3. The molecule has 2 aromatic rings. The summed E-state index contributed by atoms with van der Waals surface area (Å²) in [4.78, 5) is 6.11. The zero-order valence-electron chi connectivity index (χ0n) is 13.9. The first kappa shape index (κ1) is 15.5. The highest BCUT2D eigenvalue weighted by molar-refractivity contribution is 7.07. The van der Waals surface area contributed by atoms with Crippen molar-refractivity contribution in [2.75, 3.05) is 0 Å². The van der Waals surface area contributed by atoms with Crippen LogP contribution in [0.5, 0.6) is 0 Å². The van der Waals surface area contributed by atoms with Crippen LogP contribution in [0.1, 0.15) is 61.4 Å². The Morgan fingerprint density at radius 2 is 1.73 bits per heavy atom. The van der Waals surface area contributed by atoms with Crippen molar-refractivity contribution in [3.63, 3.8) is 0 Å². The molecule has 3 heteroatoms. The molecule has 3 rings (SSSR count). The molecule has 0 unspecified atom stereocenters. The zero-order valence-corrected chi connectivity index (χ0v) is 14.7. The Kier molecular flexibility index (Phi) is 4.82. The van der Waals surface area contributed by atoms with E-state index in [-0.39, 0.29) is 0 Å². The molecule has 2 nitrogen and oxygen atoms in total. The van der Waals surface area contributed by atoms with Gasteiger partial charge in [-0.15, -0.1) is 11.3 Å². The summed E-state index contributed by atoms with van der Waals surface area (Å²) in [6, 6.07) is 7.14. The molecule has 1 aromatic carbocycles. The molecule has 1 aromatic heterocycles. The first-order chi connectivity index (χ1) is 10.6. The average molecular weight is 314 g/mol. The smallest absolute Gasteiger partial charge is 0.190 e. The van der Waals surface area contributed by atoms with Gasteiger partial charge in [0, 0.05) is 17.1 Å². The van der Waals surface area contributed by atoms with Gasteiger partial charge in [0.15, 0.2) is 4.80 Å². The van der Waals surface area contributed by atoms with Crippen molar-refractivity contribution in [1.29, 1.82) is 0 Å². The molecule has 0 amide bonds. The van der Waals surface area contributed by atoms with Gasteiger partial charge < -0.3 is 4.57 Å². The van der Waals surface area contributed by atoms with Crippen molar-refractivity contribution in [2.24, 2.45) is 4.99 Å². The van der Waals surface area contributed by atoms with Gasteiger partial charge in [0.05, 0.1) is 5.69 Å². The van der Waals surface area contributed by atoms with Crippen LogP contribution in [0.2, 0.25) is 0 Å². The fraction of sp³-hybridized carbons (Fsp3) is 0.526. The third-order valence-electron chi connectivity index (χ3n) is 4.83. The van der Waals surface area contributed by atoms with Crippen LogP contribution < -0.4 is 4.80 Å². The maximum Gasteiger partial charge on any atom is 0.190 e. The van der Waals surface area contributed by atoms with E-state index in [0.29, 0.717) is 6.04 Å². The minimum absolute atomic E-state index is 0.638. The monoisotopic (exact) mass is 314 g/mol. The summed E-state index contributed by atoms with van der Waals surface area (Å²) >= 11 is 1.78. The summed E-state index contributed by atoms with van der Waals surface area (Å²) < 4.78 is 2.49. The Hall–Kier alpha value is -1.35. The van der Waals surface area contributed by atoms with E-state index < -0.39 is 0 Å². The minimum Gasteiger partial charge on any atom is -0.318 e. The molecule has 1 aliphatic rings. The summed E-state index contributed by atoms with van der Waals surface area (Å²) in [6.07, 6.45) is 8.11. The highest BCUT2D eigenvalue weighted by atomic mass is 32.1. The third-order valence-corrected chi connectivity index (χ3v) is 5.78. The van der Waals surface area contributed by atoms with E-state index in [4.69, 9.17) is 4.99 Å². The van der Waals surface area contributed by atoms with Gasteiger partial charge in [0.2, 0.25) is 0 Å². The van der Waals surface area contributed by atoms with Crippen LogP contribution in [0.3, 0.4) is 0 Å². The molecular formula is C19H26N2S. The van der Waals surface area contributed by atoms with E-state index in [2.05, 4.69) is 48.9 Å². The molecule has 1 heterocycles. The first-order valence-electron chi connectivity index (χ1n) is 8.44. The third kappa shape index (κ3) is 3.35. The number of hydrogen-bond donors (Lipinski definition) is 0. The second kappa shape index (κ2) is 6.82. The largest absolute Gasteiger partial charge is 0.318 e. The van der Waals surface area contributed by atoms with Crippen LogP contribution in [-0.2, 0) is 0 Å². The van der Waals surface area contributed by atoms with Crippen LogP contribution in [0.15, 0.2) is 28.6 Å². The second-order valence-corrected chi connectivity index (χ2v) is 7.39. The summed E-state index contributed by atoms with van der Waals surface area (Å²) in [5.41, 5.74) is 5.08. The number of nitrogens with zero attached hydrogens (tertiary/aromatic N) is 2. The van der Waals surface area contributed by atoms with Gasteiger partial charge in [-0.25, -0.2) is 4.99 Å². The van der Waals surface area contributed by atoms with Crippen molar-refractivity contribution in [2.45, 2.75) is 65.3 Å². The molecule has 1 aliphatic carbocycles. The maximum atomic E-state index is 4.95. The molecule has 0 N–H and O–H groups in total. The van der Waals surface area contributed by atoms with E-state index in [9.17, 15) is 0 Å². The lowest BCUT2D eigenvalue weighted by atomic mass is 10.1. The molecule has 118 valence electrons. The van der Waals surface area contributed by atoms with Crippen molar-refractivity contribution >= 4 is 17.0 Å². The predicted octanol–water partition coefficient (Wildman–Crippen LogP) is 5.60. The highest BCUT2D eigenvalue weighted by Crippen LogP contribution is 2.28. The molecule has 0 radical (unpaired) electrons. The van der Waals surface area contributed by atoms with Crippen molar-refractivity contribution in [3.8, 4) is 0 Å². The van der Waals surface area contributed by atoms with Crippen molar-refractivity contribution in [3.05, 3.63) is 45.2 Å². The fourth-order valence-electron chi connectivity index (χ4n) is 3.35. The Morgan fingerprint density at radius 3 is 2.41 bits per heavy atom. The maximum absolute atomic E-state index is 4.95. The Balaban J connectivity index is 2.00. The summed E-state index contributed by atoms with van der Waals surface area (Å²) in [6.45, 7) is 6.54. The SMILES string of the molecule is Cc1ccc(N=c2scc(C)n2C2CCCCCC2)cc1C. The van der Waals surface area contributed by atoms with E-state index in [1.165, 1.54) is 55.3 Å². The summed E-state index contributed by atoms with van der Waals surface area (Å²) in [5.74, 6) is 0. The Labute approximate surface area is 137 Å². The standard InChI is InChI=1S/C19H26N2S/c1-14-10-11-17(12-15(14)2)20-19-21(16(3)13-22-19)18-8-6-4-5-7-9-18/h10-13,18H,4-9H2,1-3H3.